The minimum Gasteiger partial charge on any atom is -0.395 e. The molecule has 3 aliphatic carbocycles. The molecule has 5 atom stereocenters. The summed E-state index contributed by atoms with van der Waals surface area (Å²) in [6.07, 6.45) is 3.80. The summed E-state index contributed by atoms with van der Waals surface area (Å²) in [5, 5.41) is 9.85. The minimum atomic E-state index is -0.368. The van der Waals surface area contributed by atoms with E-state index < -0.39 is 0 Å². The third kappa shape index (κ3) is 1.28. The molecule has 0 bridgehead atoms. The van der Waals surface area contributed by atoms with Gasteiger partial charge in [0.1, 0.15) is 5.78 Å². The Kier molecular flexibility index (Phi) is 2.30. The number of Topliss-reactive ketones (excluding diaryl/α,β-unsaturated/α-hetero) is 1. The zero-order valence-corrected chi connectivity index (χ0v) is 11.2. The minimum absolute atomic E-state index is 0.0835. The highest BCUT2D eigenvalue weighted by Crippen LogP contribution is 2.73. The average molecular weight is 236 g/mol. The van der Waals surface area contributed by atoms with Crippen molar-refractivity contribution in [1.82, 2.24) is 0 Å². The summed E-state index contributed by atoms with van der Waals surface area (Å²) in [5.74, 6) is 2.89. The van der Waals surface area contributed by atoms with Gasteiger partial charge in [0.25, 0.3) is 0 Å². The van der Waals surface area contributed by atoms with Crippen LogP contribution in [-0.2, 0) is 4.79 Å². The Hall–Kier alpha value is -0.370. The fourth-order valence-corrected chi connectivity index (χ4v) is 5.26. The van der Waals surface area contributed by atoms with E-state index in [0.29, 0.717) is 35.4 Å². The standard InChI is InChI=1S/C15H24O2/c1-9-4-5-11(17)15(8-16)7-6-10-13(12(9)15)14(10,2)3/h9-10,12-13,16H,4-8H2,1-3H3/t9-,10-,12+,13-,15+/m1/s1. The van der Waals surface area contributed by atoms with Crippen molar-refractivity contribution in [3.63, 3.8) is 0 Å². The van der Waals surface area contributed by atoms with Crippen molar-refractivity contribution in [2.24, 2.45) is 34.5 Å². The first-order valence-electron chi connectivity index (χ1n) is 7.09. The van der Waals surface area contributed by atoms with Crippen LogP contribution in [0.4, 0.5) is 0 Å². The lowest BCUT2D eigenvalue weighted by molar-refractivity contribution is -0.146. The first-order valence-corrected chi connectivity index (χ1v) is 7.09. The molecule has 0 heterocycles. The van der Waals surface area contributed by atoms with Gasteiger partial charge in [0.15, 0.2) is 0 Å². The molecule has 2 nitrogen and oxygen atoms in total. The lowest BCUT2D eigenvalue weighted by Crippen LogP contribution is -2.51. The molecule has 0 aromatic rings. The second-order valence-corrected chi connectivity index (χ2v) is 7.27. The molecule has 2 heteroatoms. The first kappa shape index (κ1) is 11.7. The molecule has 0 spiro atoms. The molecule has 3 rings (SSSR count). The summed E-state index contributed by atoms with van der Waals surface area (Å²) in [7, 11) is 0. The van der Waals surface area contributed by atoms with Gasteiger partial charge in [-0.2, -0.15) is 0 Å². The van der Waals surface area contributed by atoms with Gasteiger partial charge in [0, 0.05) is 6.42 Å². The molecule has 17 heavy (non-hydrogen) atoms. The SMILES string of the molecule is C[C@@H]1CCC(=O)[C@@]2(CO)CC[C@@H]3[C@H]([C@H]12)C3(C)C. The van der Waals surface area contributed by atoms with Gasteiger partial charge >= 0.3 is 0 Å². The number of carbonyl (C=O) groups excluding carboxylic acids is 1. The molecule has 3 saturated carbocycles. The number of rotatable bonds is 1. The highest BCUT2D eigenvalue weighted by atomic mass is 16.3. The summed E-state index contributed by atoms with van der Waals surface area (Å²) in [5.41, 5.74) is 0.0417. The van der Waals surface area contributed by atoms with Gasteiger partial charge in [0.2, 0.25) is 0 Å². The van der Waals surface area contributed by atoms with Gasteiger partial charge in [-0.15, -0.1) is 0 Å². The van der Waals surface area contributed by atoms with Crippen LogP contribution in [0.25, 0.3) is 0 Å². The van der Waals surface area contributed by atoms with Crippen LogP contribution in [0.3, 0.4) is 0 Å². The normalized spacial score (nSPS) is 51.6. The van der Waals surface area contributed by atoms with E-state index >= 15 is 0 Å². The molecule has 0 radical (unpaired) electrons. The van der Waals surface area contributed by atoms with Crippen LogP contribution >= 0.6 is 0 Å². The van der Waals surface area contributed by atoms with Gasteiger partial charge in [-0.25, -0.2) is 0 Å². The number of carbonyl (C=O) groups is 1. The lowest BCUT2D eigenvalue weighted by Gasteiger charge is -2.48. The van der Waals surface area contributed by atoms with E-state index in [1.54, 1.807) is 0 Å². The van der Waals surface area contributed by atoms with Crippen LogP contribution in [0, 0.1) is 34.5 Å². The van der Waals surface area contributed by atoms with Crippen molar-refractivity contribution in [1.29, 1.82) is 0 Å². The van der Waals surface area contributed by atoms with Crippen molar-refractivity contribution in [2.45, 2.75) is 46.5 Å². The van der Waals surface area contributed by atoms with Crippen molar-refractivity contribution in [3.8, 4) is 0 Å². The van der Waals surface area contributed by atoms with E-state index in [2.05, 4.69) is 20.8 Å². The summed E-state index contributed by atoms with van der Waals surface area (Å²) >= 11 is 0. The molecular formula is C15H24O2. The van der Waals surface area contributed by atoms with Gasteiger partial charge in [-0.3, -0.25) is 4.79 Å². The Morgan fingerprint density at radius 2 is 2.00 bits per heavy atom. The topological polar surface area (TPSA) is 37.3 Å². The molecular weight excluding hydrogens is 212 g/mol. The summed E-state index contributed by atoms with van der Waals surface area (Å²) in [6.45, 7) is 7.07. The van der Waals surface area contributed by atoms with E-state index in [-0.39, 0.29) is 12.0 Å². The zero-order valence-electron chi connectivity index (χ0n) is 11.2. The molecule has 0 unspecified atom stereocenters. The fourth-order valence-electron chi connectivity index (χ4n) is 5.26. The van der Waals surface area contributed by atoms with Gasteiger partial charge in [-0.1, -0.05) is 20.8 Å². The molecule has 0 saturated heterocycles. The Balaban J connectivity index is 2.00. The molecule has 0 aromatic heterocycles. The molecule has 0 aromatic carbocycles. The summed E-state index contributed by atoms with van der Waals surface area (Å²) in [6, 6.07) is 0. The Bertz CT molecular complexity index is 360. The van der Waals surface area contributed by atoms with Crippen LogP contribution in [0.5, 0.6) is 0 Å². The van der Waals surface area contributed by atoms with Crippen molar-refractivity contribution < 1.29 is 9.90 Å². The molecule has 0 aliphatic heterocycles. The van der Waals surface area contributed by atoms with E-state index in [0.717, 1.165) is 25.2 Å². The van der Waals surface area contributed by atoms with Crippen LogP contribution in [0.1, 0.15) is 46.5 Å². The number of aliphatic hydroxyl groups is 1. The van der Waals surface area contributed by atoms with E-state index in [1.807, 2.05) is 0 Å². The average Bonchev–Trinajstić information content (AvgIpc) is 2.86. The second kappa shape index (κ2) is 3.34. The Labute approximate surface area is 104 Å². The predicted octanol–water partition coefficient (Wildman–Crippen LogP) is 2.65. The quantitative estimate of drug-likeness (QED) is 0.760. The second-order valence-electron chi connectivity index (χ2n) is 7.27. The molecule has 0 amide bonds. The third-order valence-corrected chi connectivity index (χ3v) is 6.34. The van der Waals surface area contributed by atoms with Crippen LogP contribution < -0.4 is 0 Å². The van der Waals surface area contributed by atoms with Crippen LogP contribution in [0.15, 0.2) is 0 Å². The lowest BCUT2D eigenvalue weighted by atomic mass is 9.55. The van der Waals surface area contributed by atoms with E-state index in [1.165, 1.54) is 0 Å². The molecule has 96 valence electrons. The number of aliphatic hydroxyl groups excluding tert-OH is 1. The maximum atomic E-state index is 12.3. The highest BCUT2D eigenvalue weighted by molar-refractivity contribution is 5.86. The predicted molar refractivity (Wildman–Crippen MR) is 66.4 cm³/mol. The van der Waals surface area contributed by atoms with Crippen LogP contribution in [0.2, 0.25) is 0 Å². The van der Waals surface area contributed by atoms with Crippen molar-refractivity contribution in [3.05, 3.63) is 0 Å². The van der Waals surface area contributed by atoms with Crippen LogP contribution in [-0.4, -0.2) is 17.5 Å². The zero-order chi connectivity index (χ0) is 12.4. The van der Waals surface area contributed by atoms with Crippen molar-refractivity contribution >= 4 is 5.78 Å². The smallest absolute Gasteiger partial charge is 0.141 e. The number of hydrogen-bond acceptors (Lipinski definition) is 2. The summed E-state index contributed by atoms with van der Waals surface area (Å²) in [4.78, 5) is 12.3. The largest absolute Gasteiger partial charge is 0.395 e. The molecule has 1 N–H and O–H groups in total. The first-order chi connectivity index (χ1) is 7.95. The molecule has 3 aliphatic rings. The van der Waals surface area contributed by atoms with E-state index in [4.69, 9.17) is 0 Å². The summed E-state index contributed by atoms with van der Waals surface area (Å²) < 4.78 is 0. The van der Waals surface area contributed by atoms with E-state index in [9.17, 15) is 9.90 Å². The monoisotopic (exact) mass is 236 g/mol. The maximum absolute atomic E-state index is 12.3. The van der Waals surface area contributed by atoms with Crippen molar-refractivity contribution in [2.75, 3.05) is 6.61 Å². The van der Waals surface area contributed by atoms with Gasteiger partial charge in [0.05, 0.1) is 12.0 Å². The maximum Gasteiger partial charge on any atom is 0.141 e. The highest BCUT2D eigenvalue weighted by Gasteiger charge is 2.70. The Morgan fingerprint density at radius 1 is 1.29 bits per heavy atom. The third-order valence-electron chi connectivity index (χ3n) is 6.34. The van der Waals surface area contributed by atoms with Gasteiger partial charge < -0.3 is 5.11 Å². The molecule has 3 fully saturated rings. The number of hydrogen-bond donors (Lipinski definition) is 1. The number of ketones is 1. The van der Waals surface area contributed by atoms with Gasteiger partial charge in [-0.05, 0) is 48.3 Å². The fraction of sp³-hybridized carbons (Fsp3) is 0.933. The number of fused-ring (bicyclic) bond motifs is 3. The Morgan fingerprint density at radius 3 is 2.65 bits per heavy atom.